The van der Waals surface area contributed by atoms with Crippen molar-refractivity contribution in [1.82, 2.24) is 4.98 Å². The number of benzene rings is 1. The smallest absolute Gasteiger partial charge is 0.160 e. The molecule has 3 aromatic rings. The first-order valence-corrected chi connectivity index (χ1v) is 6.24. The van der Waals surface area contributed by atoms with E-state index in [0.29, 0.717) is 0 Å². The van der Waals surface area contributed by atoms with E-state index in [2.05, 4.69) is 24.0 Å². The lowest BCUT2D eigenvalue weighted by Gasteiger charge is -1.96. The monoisotopic (exact) mass is 241 g/mol. The van der Waals surface area contributed by atoms with Crippen molar-refractivity contribution >= 4 is 28.5 Å². The third kappa shape index (κ3) is 1.59. The first-order chi connectivity index (χ1) is 8.29. The Bertz CT molecular complexity index is 693. The fourth-order valence-electron chi connectivity index (χ4n) is 2.14. The van der Waals surface area contributed by atoms with E-state index in [1.165, 1.54) is 22.3 Å². The zero-order valence-electron chi connectivity index (χ0n) is 9.36. The topological polar surface area (TPSA) is 32.9 Å². The van der Waals surface area contributed by atoms with Crippen LogP contribution in [0, 0.1) is 6.92 Å². The number of hydrogen-bond acceptors (Lipinski definition) is 2. The molecule has 0 spiro atoms. The van der Waals surface area contributed by atoms with Gasteiger partial charge in [0.05, 0.1) is 4.88 Å². The summed E-state index contributed by atoms with van der Waals surface area (Å²) in [6.07, 6.45) is 0.901. The normalized spacial score (nSPS) is 10.9. The van der Waals surface area contributed by atoms with E-state index in [1.807, 2.05) is 24.3 Å². The van der Waals surface area contributed by atoms with Gasteiger partial charge in [0.1, 0.15) is 0 Å². The third-order valence-electron chi connectivity index (χ3n) is 2.88. The fraction of sp³-hybridized carbons (Fsp3) is 0.0714. The standard InChI is InChI=1S/C14H11NOS/c1-9-14(13-7-6-10(8-16)17-13)11-4-2-3-5-12(11)15-9/h2-8,15H,1H3. The number of thiophene rings is 1. The summed E-state index contributed by atoms with van der Waals surface area (Å²) in [6, 6.07) is 12.1. The first-order valence-electron chi connectivity index (χ1n) is 5.42. The molecule has 17 heavy (non-hydrogen) atoms. The summed E-state index contributed by atoms with van der Waals surface area (Å²) in [5, 5.41) is 1.21. The van der Waals surface area contributed by atoms with Crippen LogP contribution in [-0.2, 0) is 0 Å². The summed E-state index contributed by atoms with van der Waals surface area (Å²) < 4.78 is 0. The molecule has 0 unspecified atom stereocenters. The van der Waals surface area contributed by atoms with Crippen molar-refractivity contribution < 1.29 is 4.79 Å². The molecule has 3 rings (SSSR count). The van der Waals surface area contributed by atoms with Crippen molar-refractivity contribution in [3.63, 3.8) is 0 Å². The second-order valence-electron chi connectivity index (χ2n) is 3.99. The number of carbonyl (C=O) groups excluding carboxylic acids is 1. The zero-order chi connectivity index (χ0) is 11.8. The van der Waals surface area contributed by atoms with Gasteiger partial charge >= 0.3 is 0 Å². The van der Waals surface area contributed by atoms with Gasteiger partial charge in [-0.05, 0) is 25.1 Å². The van der Waals surface area contributed by atoms with E-state index >= 15 is 0 Å². The molecule has 0 aliphatic heterocycles. The molecule has 0 aliphatic rings. The molecule has 0 bridgehead atoms. The molecule has 0 saturated heterocycles. The second kappa shape index (κ2) is 3.86. The van der Waals surface area contributed by atoms with E-state index < -0.39 is 0 Å². The predicted octanol–water partition coefficient (Wildman–Crippen LogP) is 4.02. The molecule has 2 nitrogen and oxygen atoms in total. The summed E-state index contributed by atoms with van der Waals surface area (Å²) >= 11 is 1.53. The number of para-hydroxylation sites is 1. The molecule has 3 heteroatoms. The van der Waals surface area contributed by atoms with Crippen molar-refractivity contribution in [2.75, 3.05) is 0 Å². The van der Waals surface area contributed by atoms with Crippen LogP contribution in [0.5, 0.6) is 0 Å². The number of fused-ring (bicyclic) bond motifs is 1. The van der Waals surface area contributed by atoms with Crippen LogP contribution in [0.3, 0.4) is 0 Å². The van der Waals surface area contributed by atoms with Gasteiger partial charge in [0.25, 0.3) is 0 Å². The average Bonchev–Trinajstić information content (AvgIpc) is 2.91. The Hall–Kier alpha value is -1.87. The van der Waals surface area contributed by atoms with Gasteiger partial charge in [0.2, 0.25) is 0 Å². The van der Waals surface area contributed by atoms with E-state index in [1.54, 1.807) is 0 Å². The molecule has 0 aliphatic carbocycles. The molecule has 84 valence electrons. The molecule has 0 radical (unpaired) electrons. The summed E-state index contributed by atoms with van der Waals surface area (Å²) in [4.78, 5) is 16.0. The number of aldehydes is 1. The number of H-pyrrole nitrogens is 1. The minimum Gasteiger partial charge on any atom is -0.358 e. The maximum atomic E-state index is 10.7. The van der Waals surface area contributed by atoms with Gasteiger partial charge in [-0.2, -0.15) is 0 Å². The van der Waals surface area contributed by atoms with Crippen LogP contribution < -0.4 is 0 Å². The molecule has 0 fully saturated rings. The van der Waals surface area contributed by atoms with Crippen molar-refractivity contribution in [2.45, 2.75) is 6.92 Å². The number of aromatic nitrogens is 1. The Balaban J connectivity index is 2.28. The van der Waals surface area contributed by atoms with Crippen molar-refractivity contribution in [3.8, 4) is 10.4 Å². The van der Waals surface area contributed by atoms with E-state index in [-0.39, 0.29) is 0 Å². The Morgan fingerprint density at radius 3 is 2.76 bits per heavy atom. The highest BCUT2D eigenvalue weighted by Crippen LogP contribution is 2.35. The summed E-state index contributed by atoms with van der Waals surface area (Å²) in [6.45, 7) is 2.07. The van der Waals surface area contributed by atoms with Gasteiger partial charge in [-0.25, -0.2) is 0 Å². The predicted molar refractivity (Wildman–Crippen MR) is 71.7 cm³/mol. The van der Waals surface area contributed by atoms with Crippen molar-refractivity contribution in [3.05, 3.63) is 47.0 Å². The molecule has 0 amide bonds. The number of rotatable bonds is 2. The lowest BCUT2D eigenvalue weighted by molar-refractivity contribution is 0.112. The van der Waals surface area contributed by atoms with Crippen LogP contribution in [0.25, 0.3) is 21.3 Å². The van der Waals surface area contributed by atoms with E-state index in [0.717, 1.165) is 27.3 Å². The average molecular weight is 241 g/mol. The molecule has 1 N–H and O–H groups in total. The lowest BCUT2D eigenvalue weighted by atomic mass is 10.1. The van der Waals surface area contributed by atoms with Crippen molar-refractivity contribution in [2.24, 2.45) is 0 Å². The number of aromatic amines is 1. The minimum atomic E-state index is 0.768. The Kier molecular flexibility index (Phi) is 2.34. The van der Waals surface area contributed by atoms with Crippen molar-refractivity contribution in [1.29, 1.82) is 0 Å². The SMILES string of the molecule is Cc1[nH]c2ccccc2c1-c1ccc(C=O)s1. The third-order valence-corrected chi connectivity index (χ3v) is 3.91. The Morgan fingerprint density at radius 2 is 2.00 bits per heavy atom. The van der Waals surface area contributed by atoms with Crippen LogP contribution in [-0.4, -0.2) is 11.3 Å². The lowest BCUT2D eigenvalue weighted by Crippen LogP contribution is -1.73. The first kappa shape index (κ1) is 10.3. The highest BCUT2D eigenvalue weighted by molar-refractivity contribution is 7.17. The van der Waals surface area contributed by atoms with Gasteiger partial charge < -0.3 is 4.98 Å². The maximum Gasteiger partial charge on any atom is 0.160 e. The Labute approximate surface area is 103 Å². The Morgan fingerprint density at radius 1 is 1.18 bits per heavy atom. The highest BCUT2D eigenvalue weighted by Gasteiger charge is 2.11. The molecule has 1 aromatic carbocycles. The maximum absolute atomic E-state index is 10.7. The van der Waals surface area contributed by atoms with E-state index in [9.17, 15) is 4.79 Å². The summed E-state index contributed by atoms with van der Waals surface area (Å²) in [7, 11) is 0. The number of nitrogens with one attached hydrogen (secondary N) is 1. The summed E-state index contributed by atoms with van der Waals surface area (Å²) in [5.41, 5.74) is 3.49. The van der Waals surface area contributed by atoms with E-state index in [4.69, 9.17) is 0 Å². The number of aryl methyl sites for hydroxylation is 1. The second-order valence-corrected chi connectivity index (χ2v) is 5.11. The molecular formula is C14H11NOS. The fourth-order valence-corrected chi connectivity index (χ4v) is 3.08. The minimum absolute atomic E-state index is 0.768. The van der Waals surface area contributed by atoms with Crippen LogP contribution in [0.4, 0.5) is 0 Å². The quantitative estimate of drug-likeness (QED) is 0.675. The van der Waals surface area contributed by atoms with Gasteiger partial charge in [-0.1, -0.05) is 18.2 Å². The molecule has 0 atom stereocenters. The van der Waals surface area contributed by atoms with Crippen LogP contribution in [0.1, 0.15) is 15.4 Å². The molecule has 2 aromatic heterocycles. The highest BCUT2D eigenvalue weighted by atomic mass is 32.1. The van der Waals surface area contributed by atoms with Crippen LogP contribution >= 0.6 is 11.3 Å². The summed E-state index contributed by atoms with van der Waals surface area (Å²) in [5.74, 6) is 0. The molecule has 2 heterocycles. The zero-order valence-corrected chi connectivity index (χ0v) is 10.2. The number of carbonyl (C=O) groups is 1. The molecule has 0 saturated carbocycles. The van der Waals surface area contributed by atoms with Crippen LogP contribution in [0.2, 0.25) is 0 Å². The van der Waals surface area contributed by atoms with Crippen LogP contribution in [0.15, 0.2) is 36.4 Å². The van der Waals surface area contributed by atoms with Gasteiger partial charge in [-0.3, -0.25) is 4.79 Å². The van der Waals surface area contributed by atoms with Gasteiger partial charge in [-0.15, -0.1) is 11.3 Å². The largest absolute Gasteiger partial charge is 0.358 e. The molecular weight excluding hydrogens is 230 g/mol. The van der Waals surface area contributed by atoms with Gasteiger partial charge in [0, 0.05) is 27.0 Å². The van der Waals surface area contributed by atoms with Gasteiger partial charge in [0.15, 0.2) is 6.29 Å². The number of hydrogen-bond donors (Lipinski definition) is 1.